The maximum Gasteiger partial charge on any atom is 0.228 e. The largest absolute Gasteiger partial charge is 0.495 e. The third-order valence-corrected chi connectivity index (χ3v) is 4.59. The van der Waals surface area contributed by atoms with Crippen molar-refractivity contribution < 1.29 is 13.9 Å². The molecule has 1 aromatic heterocycles. The van der Waals surface area contributed by atoms with E-state index in [4.69, 9.17) is 9.15 Å². The number of hydrogen-bond acceptors (Lipinski definition) is 3. The van der Waals surface area contributed by atoms with Crippen LogP contribution in [0.5, 0.6) is 5.75 Å². The number of furan rings is 1. The summed E-state index contributed by atoms with van der Waals surface area (Å²) in [4.78, 5) is 12.5. The minimum absolute atomic E-state index is 0.0898. The second-order valence-electron chi connectivity index (χ2n) is 6.30. The van der Waals surface area contributed by atoms with Gasteiger partial charge in [-0.15, -0.1) is 0 Å². The van der Waals surface area contributed by atoms with E-state index in [-0.39, 0.29) is 5.91 Å². The molecule has 4 nitrogen and oxygen atoms in total. The van der Waals surface area contributed by atoms with Crippen molar-refractivity contribution in [1.82, 2.24) is 0 Å². The Morgan fingerprint density at radius 3 is 2.58 bits per heavy atom. The van der Waals surface area contributed by atoms with Gasteiger partial charge in [0.2, 0.25) is 5.91 Å². The summed E-state index contributed by atoms with van der Waals surface area (Å²) in [6.07, 6.45) is 0.313. The Morgan fingerprint density at radius 1 is 1.00 bits per heavy atom. The molecular formula is C22H19NO3. The normalized spacial score (nSPS) is 11.0. The third-order valence-electron chi connectivity index (χ3n) is 4.59. The number of rotatable bonds is 4. The van der Waals surface area contributed by atoms with Crippen molar-refractivity contribution in [3.63, 3.8) is 0 Å². The van der Waals surface area contributed by atoms with Gasteiger partial charge in [-0.25, -0.2) is 0 Å². The fourth-order valence-electron chi connectivity index (χ4n) is 3.19. The Balaban J connectivity index is 1.68. The summed E-state index contributed by atoms with van der Waals surface area (Å²) in [7, 11) is 1.60. The molecule has 130 valence electrons. The first kappa shape index (κ1) is 16.2. The van der Waals surface area contributed by atoms with Gasteiger partial charge in [0.25, 0.3) is 0 Å². The molecule has 0 saturated carbocycles. The second-order valence-corrected chi connectivity index (χ2v) is 6.30. The van der Waals surface area contributed by atoms with Gasteiger partial charge in [0, 0.05) is 16.8 Å². The minimum atomic E-state index is -0.0898. The van der Waals surface area contributed by atoms with Crippen LogP contribution in [-0.2, 0) is 11.2 Å². The van der Waals surface area contributed by atoms with E-state index in [1.807, 2.05) is 67.6 Å². The Labute approximate surface area is 151 Å². The summed E-state index contributed by atoms with van der Waals surface area (Å²) < 4.78 is 11.4. The van der Waals surface area contributed by atoms with Crippen molar-refractivity contribution in [2.75, 3.05) is 12.4 Å². The van der Waals surface area contributed by atoms with Crippen molar-refractivity contribution >= 4 is 33.5 Å². The van der Waals surface area contributed by atoms with Crippen LogP contribution in [0.15, 0.2) is 65.1 Å². The molecule has 3 aromatic carbocycles. The Bertz CT molecular complexity index is 1110. The van der Waals surface area contributed by atoms with Gasteiger partial charge in [-0.3, -0.25) is 4.79 Å². The van der Waals surface area contributed by atoms with E-state index in [2.05, 4.69) is 5.32 Å². The molecule has 0 bridgehead atoms. The van der Waals surface area contributed by atoms with Crippen molar-refractivity contribution in [2.45, 2.75) is 13.3 Å². The van der Waals surface area contributed by atoms with E-state index >= 15 is 0 Å². The fourth-order valence-corrected chi connectivity index (χ4v) is 3.19. The number of fused-ring (bicyclic) bond motifs is 3. The molecule has 0 saturated heterocycles. The van der Waals surface area contributed by atoms with Crippen molar-refractivity contribution in [3.8, 4) is 5.75 Å². The zero-order valence-electron chi connectivity index (χ0n) is 14.7. The Morgan fingerprint density at radius 2 is 1.77 bits per heavy atom. The molecule has 0 fully saturated rings. The van der Waals surface area contributed by atoms with Crippen molar-refractivity contribution in [1.29, 1.82) is 0 Å². The third kappa shape index (κ3) is 2.90. The first-order valence-corrected chi connectivity index (χ1v) is 8.49. The first-order chi connectivity index (χ1) is 12.7. The predicted octanol–water partition coefficient (Wildman–Crippen LogP) is 5.08. The van der Waals surface area contributed by atoms with Crippen LogP contribution in [0, 0.1) is 6.92 Å². The molecule has 1 heterocycles. The maximum atomic E-state index is 12.5. The first-order valence-electron chi connectivity index (χ1n) is 8.49. The zero-order chi connectivity index (χ0) is 18.1. The van der Waals surface area contributed by atoms with Gasteiger partial charge in [-0.2, -0.15) is 0 Å². The lowest BCUT2D eigenvalue weighted by atomic mass is 10.1. The predicted molar refractivity (Wildman–Crippen MR) is 104 cm³/mol. The number of benzene rings is 3. The van der Waals surface area contributed by atoms with E-state index < -0.39 is 0 Å². The lowest BCUT2D eigenvalue weighted by Crippen LogP contribution is -2.15. The highest BCUT2D eigenvalue weighted by Crippen LogP contribution is 2.36. The number of carbonyl (C=O) groups is 1. The molecule has 0 unspecified atom stereocenters. The molecule has 1 amide bonds. The van der Waals surface area contributed by atoms with E-state index in [0.717, 1.165) is 33.1 Å². The molecule has 26 heavy (non-hydrogen) atoms. The van der Waals surface area contributed by atoms with E-state index in [0.29, 0.717) is 17.9 Å². The molecule has 0 aliphatic heterocycles. The number of methoxy groups -OCH3 is 1. The number of para-hydroxylation sites is 1. The summed E-state index contributed by atoms with van der Waals surface area (Å²) in [5, 5.41) is 4.94. The number of aryl methyl sites for hydroxylation is 1. The molecular weight excluding hydrogens is 326 g/mol. The van der Waals surface area contributed by atoms with E-state index in [1.165, 1.54) is 0 Å². The van der Waals surface area contributed by atoms with Gasteiger partial charge in [0.15, 0.2) is 0 Å². The molecule has 0 aliphatic rings. The minimum Gasteiger partial charge on any atom is -0.495 e. The quantitative estimate of drug-likeness (QED) is 0.561. The molecule has 1 N–H and O–H groups in total. The summed E-state index contributed by atoms with van der Waals surface area (Å²) in [6.45, 7) is 2.00. The number of ether oxygens (including phenoxy) is 1. The van der Waals surface area contributed by atoms with Crippen LogP contribution in [0.3, 0.4) is 0 Å². The van der Waals surface area contributed by atoms with Gasteiger partial charge in [0.05, 0.1) is 19.2 Å². The van der Waals surface area contributed by atoms with Crippen molar-refractivity contribution in [3.05, 3.63) is 71.8 Å². The number of carbonyl (C=O) groups excluding carboxylic acids is 1. The molecule has 4 rings (SSSR count). The molecule has 4 heteroatoms. The molecule has 0 spiro atoms. The van der Waals surface area contributed by atoms with Crippen LogP contribution < -0.4 is 10.1 Å². The summed E-state index contributed by atoms with van der Waals surface area (Å²) in [5.74, 6) is 0.523. The van der Waals surface area contributed by atoms with Crippen LogP contribution in [-0.4, -0.2) is 13.0 Å². The van der Waals surface area contributed by atoms with Crippen molar-refractivity contribution in [2.24, 2.45) is 0 Å². The van der Waals surface area contributed by atoms with Gasteiger partial charge in [-0.05, 0) is 30.2 Å². The number of anilines is 1. The molecule has 0 radical (unpaired) electrons. The van der Waals surface area contributed by atoms with Gasteiger partial charge >= 0.3 is 0 Å². The number of nitrogens with one attached hydrogen (secondary N) is 1. The number of amides is 1. The van der Waals surface area contributed by atoms with Gasteiger partial charge in [-0.1, -0.05) is 42.5 Å². The summed E-state index contributed by atoms with van der Waals surface area (Å²) in [6, 6.07) is 19.5. The summed E-state index contributed by atoms with van der Waals surface area (Å²) in [5.41, 5.74) is 4.25. The molecule has 0 aliphatic carbocycles. The molecule has 0 atom stereocenters. The highest BCUT2D eigenvalue weighted by atomic mass is 16.5. The van der Waals surface area contributed by atoms with Gasteiger partial charge in [0.1, 0.15) is 16.9 Å². The standard InChI is InChI=1S/C22H19NO3/c1-14-7-3-4-8-15(14)11-22(24)23-18-13-20-17(12-21(18)25-2)16-9-5-6-10-19(16)26-20/h3-10,12-13H,11H2,1-2H3,(H,23,24). The highest BCUT2D eigenvalue weighted by molar-refractivity contribution is 6.07. The zero-order valence-corrected chi connectivity index (χ0v) is 14.7. The van der Waals surface area contributed by atoms with E-state index in [9.17, 15) is 4.79 Å². The van der Waals surface area contributed by atoms with Crippen LogP contribution in [0.2, 0.25) is 0 Å². The maximum absolute atomic E-state index is 12.5. The Hall–Kier alpha value is -3.27. The Kier molecular flexibility index (Phi) is 4.09. The molecule has 4 aromatic rings. The topological polar surface area (TPSA) is 51.5 Å². The SMILES string of the molecule is COc1cc2c(cc1NC(=O)Cc1ccccc1C)oc1ccccc12. The van der Waals surface area contributed by atoms with Crippen LogP contribution >= 0.6 is 0 Å². The van der Waals surface area contributed by atoms with E-state index in [1.54, 1.807) is 7.11 Å². The lowest BCUT2D eigenvalue weighted by molar-refractivity contribution is -0.115. The summed E-state index contributed by atoms with van der Waals surface area (Å²) >= 11 is 0. The van der Waals surface area contributed by atoms with Crippen LogP contribution in [0.1, 0.15) is 11.1 Å². The smallest absolute Gasteiger partial charge is 0.228 e. The monoisotopic (exact) mass is 345 g/mol. The second kappa shape index (κ2) is 6.56. The van der Waals surface area contributed by atoms with Crippen LogP contribution in [0.4, 0.5) is 5.69 Å². The highest BCUT2D eigenvalue weighted by Gasteiger charge is 2.14. The average Bonchev–Trinajstić information content (AvgIpc) is 3.00. The van der Waals surface area contributed by atoms with Gasteiger partial charge < -0.3 is 14.5 Å². The van der Waals surface area contributed by atoms with Crippen LogP contribution in [0.25, 0.3) is 21.9 Å². The average molecular weight is 345 g/mol. The lowest BCUT2D eigenvalue weighted by Gasteiger charge is -2.11. The number of hydrogen-bond donors (Lipinski definition) is 1. The fraction of sp³-hybridized carbons (Fsp3) is 0.136.